The van der Waals surface area contributed by atoms with Crippen molar-refractivity contribution in [3.8, 4) is 0 Å². The molecular formula is C21H29N3O3. The Hall–Kier alpha value is -1.92. The lowest BCUT2D eigenvalue weighted by molar-refractivity contribution is -0.145. The van der Waals surface area contributed by atoms with Crippen molar-refractivity contribution in [1.29, 1.82) is 0 Å². The summed E-state index contributed by atoms with van der Waals surface area (Å²) in [4.78, 5) is 29.9. The number of benzene rings is 1. The Kier molecular flexibility index (Phi) is 5.45. The molecule has 6 nitrogen and oxygen atoms in total. The Morgan fingerprint density at radius 2 is 1.85 bits per heavy atom. The normalized spacial score (nSPS) is 24.6. The van der Waals surface area contributed by atoms with Crippen molar-refractivity contribution in [3.63, 3.8) is 0 Å². The fraction of sp³-hybridized carbons (Fsp3) is 0.619. The van der Waals surface area contributed by atoms with Crippen molar-refractivity contribution in [3.05, 3.63) is 35.9 Å². The zero-order chi connectivity index (χ0) is 18.7. The van der Waals surface area contributed by atoms with Gasteiger partial charge in [-0.1, -0.05) is 30.3 Å². The Balaban J connectivity index is 1.26. The summed E-state index contributed by atoms with van der Waals surface area (Å²) in [6.45, 7) is 5.33. The molecule has 1 saturated carbocycles. The molecule has 2 heterocycles. The summed E-state index contributed by atoms with van der Waals surface area (Å²) in [7, 11) is 0. The van der Waals surface area contributed by atoms with Gasteiger partial charge in [-0.15, -0.1) is 0 Å². The molecule has 0 radical (unpaired) electrons. The van der Waals surface area contributed by atoms with Crippen LogP contribution in [0.25, 0.3) is 0 Å². The standard InChI is InChI=1S/C21H29N3O3/c25-19(22-15-18-7-4-14-27-18)21(8-9-21)20(26)24-12-10-23(11-13-24)16-17-5-2-1-3-6-17/h1-3,5-6,18H,4,7-16H2,(H,22,25). The monoisotopic (exact) mass is 371 g/mol. The van der Waals surface area contributed by atoms with Crippen LogP contribution in [0.1, 0.15) is 31.2 Å². The van der Waals surface area contributed by atoms with Crippen molar-refractivity contribution in [1.82, 2.24) is 15.1 Å². The third-order valence-electron chi connectivity index (χ3n) is 6.02. The number of piperazine rings is 1. The SMILES string of the molecule is O=C(NCC1CCCO1)C1(C(=O)N2CCN(Cc3ccccc3)CC2)CC1. The average molecular weight is 371 g/mol. The first-order valence-electron chi connectivity index (χ1n) is 10.1. The van der Waals surface area contributed by atoms with Gasteiger partial charge in [-0.3, -0.25) is 14.5 Å². The lowest BCUT2D eigenvalue weighted by atomic mass is 10.0. The molecule has 27 heavy (non-hydrogen) atoms. The van der Waals surface area contributed by atoms with Crippen LogP contribution in [0.2, 0.25) is 0 Å². The summed E-state index contributed by atoms with van der Waals surface area (Å²) in [6.07, 6.45) is 3.50. The summed E-state index contributed by atoms with van der Waals surface area (Å²) in [6, 6.07) is 10.4. The minimum atomic E-state index is -0.805. The van der Waals surface area contributed by atoms with Crippen molar-refractivity contribution in [2.24, 2.45) is 5.41 Å². The molecule has 1 aliphatic carbocycles. The van der Waals surface area contributed by atoms with E-state index in [0.29, 0.717) is 32.5 Å². The second kappa shape index (κ2) is 7.98. The van der Waals surface area contributed by atoms with Crippen LogP contribution in [0.4, 0.5) is 0 Å². The van der Waals surface area contributed by atoms with Gasteiger partial charge < -0.3 is 15.0 Å². The van der Waals surface area contributed by atoms with E-state index in [1.165, 1.54) is 5.56 Å². The summed E-state index contributed by atoms with van der Waals surface area (Å²) in [5, 5.41) is 2.97. The first-order chi connectivity index (χ1) is 13.2. The fourth-order valence-corrected chi connectivity index (χ4v) is 4.10. The predicted octanol–water partition coefficient (Wildman–Crippen LogP) is 1.41. The zero-order valence-corrected chi connectivity index (χ0v) is 15.9. The maximum atomic E-state index is 13.0. The van der Waals surface area contributed by atoms with Crippen molar-refractivity contribution in [2.75, 3.05) is 39.3 Å². The summed E-state index contributed by atoms with van der Waals surface area (Å²) < 4.78 is 5.56. The Morgan fingerprint density at radius 1 is 1.11 bits per heavy atom. The largest absolute Gasteiger partial charge is 0.376 e. The molecule has 2 aliphatic heterocycles. The van der Waals surface area contributed by atoms with Crippen LogP contribution in [0, 0.1) is 5.41 Å². The molecule has 2 saturated heterocycles. The van der Waals surface area contributed by atoms with E-state index >= 15 is 0 Å². The second-order valence-electron chi connectivity index (χ2n) is 7.98. The second-order valence-corrected chi connectivity index (χ2v) is 7.98. The van der Waals surface area contributed by atoms with Crippen molar-refractivity contribution < 1.29 is 14.3 Å². The molecule has 3 fully saturated rings. The van der Waals surface area contributed by atoms with Gasteiger partial charge in [0.2, 0.25) is 11.8 Å². The number of nitrogens with one attached hydrogen (secondary N) is 1. The molecule has 4 rings (SSSR count). The van der Waals surface area contributed by atoms with Crippen LogP contribution in [-0.2, 0) is 20.9 Å². The fourth-order valence-electron chi connectivity index (χ4n) is 4.10. The third kappa shape index (κ3) is 4.17. The van der Waals surface area contributed by atoms with Gasteiger partial charge in [-0.05, 0) is 31.2 Å². The lowest BCUT2D eigenvalue weighted by Crippen LogP contribution is -2.53. The minimum absolute atomic E-state index is 0.0201. The highest BCUT2D eigenvalue weighted by Gasteiger charge is 2.58. The molecule has 0 bridgehead atoms. The number of amides is 2. The minimum Gasteiger partial charge on any atom is -0.376 e. The van der Waals surface area contributed by atoms with Crippen molar-refractivity contribution >= 4 is 11.8 Å². The van der Waals surface area contributed by atoms with Crippen molar-refractivity contribution in [2.45, 2.75) is 38.3 Å². The molecule has 2 amide bonds. The first-order valence-corrected chi connectivity index (χ1v) is 10.1. The molecule has 1 N–H and O–H groups in total. The molecule has 1 aromatic carbocycles. The molecule has 1 atom stereocenters. The third-order valence-corrected chi connectivity index (χ3v) is 6.02. The highest BCUT2D eigenvalue weighted by molar-refractivity contribution is 6.07. The number of ether oxygens (including phenoxy) is 1. The zero-order valence-electron chi connectivity index (χ0n) is 15.9. The Morgan fingerprint density at radius 3 is 2.48 bits per heavy atom. The van der Waals surface area contributed by atoms with Gasteiger partial charge in [0.1, 0.15) is 5.41 Å². The van der Waals surface area contributed by atoms with E-state index in [0.717, 1.165) is 39.1 Å². The Bertz CT molecular complexity index is 661. The van der Waals surface area contributed by atoms with Gasteiger partial charge >= 0.3 is 0 Å². The molecule has 0 aromatic heterocycles. The number of nitrogens with zero attached hydrogens (tertiary/aromatic N) is 2. The van der Waals surface area contributed by atoms with Crippen LogP contribution in [-0.4, -0.2) is 67.0 Å². The Labute approximate surface area is 160 Å². The van der Waals surface area contributed by atoms with E-state index in [1.807, 2.05) is 11.0 Å². The van der Waals surface area contributed by atoms with Crippen LogP contribution in [0.3, 0.4) is 0 Å². The molecule has 6 heteroatoms. The molecule has 0 spiro atoms. The number of hydrogen-bond donors (Lipinski definition) is 1. The number of hydrogen-bond acceptors (Lipinski definition) is 4. The topological polar surface area (TPSA) is 61.9 Å². The first kappa shape index (κ1) is 18.4. The summed E-state index contributed by atoms with van der Waals surface area (Å²) in [5.74, 6) is -0.0820. The predicted molar refractivity (Wildman–Crippen MR) is 102 cm³/mol. The van der Waals surface area contributed by atoms with Gasteiger partial charge in [0.15, 0.2) is 0 Å². The smallest absolute Gasteiger partial charge is 0.238 e. The maximum absolute atomic E-state index is 13.0. The molecule has 146 valence electrons. The van der Waals surface area contributed by atoms with Gasteiger partial charge in [-0.25, -0.2) is 0 Å². The van der Waals surface area contributed by atoms with E-state index in [1.54, 1.807) is 0 Å². The van der Waals surface area contributed by atoms with Gasteiger partial charge in [0.05, 0.1) is 6.10 Å². The molecule has 1 aromatic rings. The molecule has 1 unspecified atom stereocenters. The van der Waals surface area contributed by atoms with Gasteiger partial charge in [-0.2, -0.15) is 0 Å². The number of carbonyl (C=O) groups excluding carboxylic acids is 2. The van der Waals surface area contributed by atoms with Gasteiger partial charge in [0, 0.05) is 45.9 Å². The van der Waals surface area contributed by atoms with Crippen LogP contribution >= 0.6 is 0 Å². The van der Waals surface area contributed by atoms with E-state index in [4.69, 9.17) is 4.74 Å². The highest BCUT2D eigenvalue weighted by Crippen LogP contribution is 2.47. The number of rotatable bonds is 6. The summed E-state index contributed by atoms with van der Waals surface area (Å²) in [5.41, 5.74) is 0.490. The average Bonchev–Trinajstić information content (AvgIpc) is 3.35. The highest BCUT2D eigenvalue weighted by atomic mass is 16.5. The lowest BCUT2D eigenvalue weighted by Gasteiger charge is -2.36. The summed E-state index contributed by atoms with van der Waals surface area (Å²) >= 11 is 0. The van der Waals surface area contributed by atoms with E-state index in [-0.39, 0.29) is 17.9 Å². The quantitative estimate of drug-likeness (QED) is 0.768. The van der Waals surface area contributed by atoms with E-state index < -0.39 is 5.41 Å². The maximum Gasteiger partial charge on any atom is 0.238 e. The van der Waals surface area contributed by atoms with E-state index in [2.05, 4.69) is 34.5 Å². The van der Waals surface area contributed by atoms with Crippen LogP contribution in [0.15, 0.2) is 30.3 Å². The molecule has 3 aliphatic rings. The van der Waals surface area contributed by atoms with Gasteiger partial charge in [0.25, 0.3) is 0 Å². The molecular weight excluding hydrogens is 342 g/mol. The van der Waals surface area contributed by atoms with E-state index in [9.17, 15) is 9.59 Å². The number of carbonyl (C=O) groups is 2. The van der Waals surface area contributed by atoms with Crippen LogP contribution in [0.5, 0.6) is 0 Å². The van der Waals surface area contributed by atoms with Crippen LogP contribution < -0.4 is 5.32 Å².